The van der Waals surface area contributed by atoms with Gasteiger partial charge in [0.15, 0.2) is 0 Å². The molecule has 0 unspecified atom stereocenters. The van der Waals surface area contributed by atoms with Crippen LogP contribution in [-0.2, 0) is 0 Å². The predicted molar refractivity (Wildman–Crippen MR) is 141 cm³/mol. The van der Waals surface area contributed by atoms with Gasteiger partial charge in [0.1, 0.15) is 0 Å². The molecule has 0 aliphatic carbocycles. The second-order valence-electron chi connectivity index (χ2n) is 8.95. The van der Waals surface area contributed by atoms with Crippen molar-refractivity contribution in [3.63, 3.8) is 0 Å². The number of nitrogens with zero attached hydrogens (tertiary/aromatic N) is 2. The maximum absolute atomic E-state index is 4.68. The van der Waals surface area contributed by atoms with E-state index < -0.39 is 36.8 Å². The average molecular weight is 656 g/mol. The average Bonchev–Trinajstić information content (AvgIpc) is 3.40. The van der Waals surface area contributed by atoms with Gasteiger partial charge in [-0.1, -0.05) is 13.8 Å². The van der Waals surface area contributed by atoms with E-state index in [1.54, 1.807) is 5.79 Å². The molecule has 1 aromatic carbocycles. The van der Waals surface area contributed by atoms with Gasteiger partial charge >= 0.3 is 184 Å². The van der Waals surface area contributed by atoms with Gasteiger partial charge in [-0.2, -0.15) is 0 Å². The number of fused-ring (bicyclic) bond motifs is 1. The Balaban J connectivity index is 0.00000117. The minimum atomic E-state index is -2.03. The molecule has 0 N–H and O–H groups in total. The van der Waals surface area contributed by atoms with Crippen molar-refractivity contribution in [2.24, 2.45) is 0 Å². The molecule has 0 bridgehead atoms. The topological polar surface area (TPSA) is 25.8 Å². The van der Waals surface area contributed by atoms with E-state index in [9.17, 15) is 0 Å². The first-order valence-corrected chi connectivity index (χ1v) is 32.5. The second kappa shape index (κ2) is 9.26. The van der Waals surface area contributed by atoms with Crippen molar-refractivity contribution in [3.8, 4) is 20.9 Å². The Morgan fingerprint density at radius 1 is 0.586 bits per heavy atom. The molecule has 0 aliphatic rings. The number of thiophene rings is 2. The Hall–Kier alpha value is 0.0374. The van der Waals surface area contributed by atoms with Crippen LogP contribution in [0, 0.1) is 0 Å². The summed E-state index contributed by atoms with van der Waals surface area (Å²) in [6, 6.07) is 13.8. The number of benzene rings is 1. The third-order valence-electron chi connectivity index (χ3n) is 4.64. The van der Waals surface area contributed by atoms with Gasteiger partial charge in [0.25, 0.3) is 0 Å². The molecular weight excluding hydrogens is 626 g/mol. The van der Waals surface area contributed by atoms with E-state index in [2.05, 4.69) is 74.8 Å². The molecule has 0 aliphatic heterocycles. The number of hydrogen-bond acceptors (Lipinski definition) is 5. The van der Waals surface area contributed by atoms with Crippen molar-refractivity contribution in [2.75, 3.05) is 0 Å². The molecule has 0 saturated carbocycles. The first-order valence-electron chi connectivity index (χ1n) is 10.1. The van der Waals surface area contributed by atoms with Crippen LogP contribution >= 0.6 is 34.4 Å². The standard InChI is InChI=1S/C14H6N2S3.C2H6.6CH3.2Sn/c1-3-11(17-7-1)9-5-6-10(12-4-2-8-18-12)14-13(9)15-19-16-14;1-2;;;;;;;;/h1-6H;1-2H3;6*1H3;;. The number of rotatable bonds is 4. The summed E-state index contributed by atoms with van der Waals surface area (Å²) in [4.78, 5) is 17.5. The number of hydrogen-bond donors (Lipinski definition) is 0. The monoisotopic (exact) mass is 658 g/mol. The van der Waals surface area contributed by atoms with E-state index in [0.29, 0.717) is 0 Å². The molecule has 0 fully saturated rings. The van der Waals surface area contributed by atoms with Crippen LogP contribution < -0.4 is 5.79 Å². The third kappa shape index (κ3) is 5.10. The van der Waals surface area contributed by atoms with Crippen LogP contribution in [0.3, 0.4) is 0 Å². The molecule has 7 heteroatoms. The van der Waals surface area contributed by atoms with Gasteiger partial charge in [-0.3, -0.25) is 0 Å². The van der Waals surface area contributed by atoms with Crippen molar-refractivity contribution in [3.05, 3.63) is 36.4 Å². The summed E-state index contributed by atoms with van der Waals surface area (Å²) in [6.07, 6.45) is 0. The molecule has 3 aromatic heterocycles. The molecule has 0 radical (unpaired) electrons. The van der Waals surface area contributed by atoms with Gasteiger partial charge in [0, 0.05) is 0 Å². The second-order valence-corrected chi connectivity index (χ2v) is 42.5. The van der Waals surface area contributed by atoms with Crippen molar-refractivity contribution in [1.82, 2.24) is 8.75 Å². The number of aromatic nitrogens is 2. The fourth-order valence-corrected chi connectivity index (χ4v) is 16.2. The fraction of sp³-hybridized carbons (Fsp3) is 0.364. The molecule has 0 amide bonds. The van der Waals surface area contributed by atoms with Crippen molar-refractivity contribution >= 4 is 88.0 Å². The molecule has 29 heavy (non-hydrogen) atoms. The quantitative estimate of drug-likeness (QED) is 0.216. The summed E-state index contributed by atoms with van der Waals surface area (Å²) in [6.45, 7) is 4.00. The van der Waals surface area contributed by atoms with Crippen LogP contribution in [0.4, 0.5) is 0 Å². The van der Waals surface area contributed by atoms with Crippen molar-refractivity contribution in [1.29, 1.82) is 0 Å². The molecule has 154 valence electrons. The predicted octanol–water partition coefficient (Wildman–Crippen LogP) is 7.26. The molecule has 4 rings (SSSR count). The zero-order valence-corrected chi connectivity index (χ0v) is 26.7. The first kappa shape index (κ1) is 23.7. The molecule has 3 heterocycles. The van der Waals surface area contributed by atoms with Crippen LogP contribution in [-0.4, -0.2) is 45.5 Å². The minimum absolute atomic E-state index is 1.06. The molecule has 2 nitrogen and oxygen atoms in total. The van der Waals surface area contributed by atoms with Gasteiger partial charge in [-0.15, -0.1) is 0 Å². The third-order valence-corrected chi connectivity index (χ3v) is 26.4. The van der Waals surface area contributed by atoms with Gasteiger partial charge in [0.05, 0.1) is 0 Å². The Labute approximate surface area is 195 Å². The Bertz CT molecular complexity index is 1020. The van der Waals surface area contributed by atoms with Crippen LogP contribution in [0.5, 0.6) is 0 Å². The van der Waals surface area contributed by atoms with E-state index in [0.717, 1.165) is 11.0 Å². The summed E-state index contributed by atoms with van der Waals surface area (Å²) in [5.41, 5.74) is 4.59. The Morgan fingerprint density at radius 3 is 1.28 bits per heavy atom. The normalized spacial score (nSPS) is 12.1. The summed E-state index contributed by atoms with van der Waals surface area (Å²) in [5, 5.41) is 0. The molecular formula is C22H30N2S3Sn2. The summed E-state index contributed by atoms with van der Waals surface area (Å²) in [5.74, 6) is 0. The first-order chi connectivity index (χ1) is 13.6. The molecule has 0 spiro atoms. The van der Waals surface area contributed by atoms with Gasteiger partial charge < -0.3 is 0 Å². The van der Waals surface area contributed by atoms with Crippen molar-refractivity contribution < 1.29 is 0 Å². The molecule has 0 saturated heterocycles. The molecule has 0 atom stereocenters. The van der Waals surface area contributed by atoms with Crippen LogP contribution in [0.25, 0.3) is 31.9 Å². The van der Waals surface area contributed by atoms with Crippen LogP contribution in [0.2, 0.25) is 29.6 Å². The van der Waals surface area contributed by atoms with E-state index in [4.69, 9.17) is 0 Å². The summed E-state index contributed by atoms with van der Waals surface area (Å²) < 4.78 is 12.6. The summed E-state index contributed by atoms with van der Waals surface area (Å²) in [7, 11) is 0. The fourth-order valence-electron chi connectivity index (χ4n) is 3.04. The van der Waals surface area contributed by atoms with E-state index in [1.165, 1.54) is 32.6 Å². The zero-order valence-electron chi connectivity index (χ0n) is 18.6. The summed E-state index contributed by atoms with van der Waals surface area (Å²) >= 11 is 1.19. The van der Waals surface area contributed by atoms with Gasteiger partial charge in [-0.05, 0) is 0 Å². The van der Waals surface area contributed by atoms with Crippen LogP contribution in [0.1, 0.15) is 13.8 Å². The van der Waals surface area contributed by atoms with E-state index in [-0.39, 0.29) is 0 Å². The van der Waals surface area contributed by atoms with Gasteiger partial charge in [0.2, 0.25) is 0 Å². The van der Waals surface area contributed by atoms with E-state index >= 15 is 0 Å². The SMILES string of the molecule is CC.[CH3][Sn]([CH3])([CH3])[c]1ccc(-c2ccc(-c3cc[c]([Sn]([CH3])([CH3])[CH3])s3)c3nsnc23)s1. The van der Waals surface area contributed by atoms with Crippen LogP contribution in [0.15, 0.2) is 36.4 Å². The van der Waals surface area contributed by atoms with Crippen molar-refractivity contribution in [2.45, 2.75) is 43.5 Å². The van der Waals surface area contributed by atoms with Gasteiger partial charge in [-0.25, -0.2) is 0 Å². The Morgan fingerprint density at radius 2 is 0.966 bits per heavy atom. The van der Waals surface area contributed by atoms with E-state index in [1.807, 2.05) is 36.5 Å². The zero-order chi connectivity index (χ0) is 21.4. The maximum atomic E-state index is 4.68. The Kier molecular flexibility index (Phi) is 7.57. The molecule has 4 aromatic rings.